The molecule has 7 nitrogen and oxygen atoms in total. The number of pyridine rings is 1. The molecular weight excluding hydrogens is 423 g/mol. The molecule has 1 saturated heterocycles. The molecule has 2 heterocycles. The quantitative estimate of drug-likeness (QED) is 0.744. The Bertz CT molecular complexity index is 1130. The number of nitrogens with zero attached hydrogens (tertiary/aromatic N) is 3. The number of nitriles is 1. The number of hydrogen-bond donors (Lipinski definition) is 1. The molecule has 2 amide bonds. The summed E-state index contributed by atoms with van der Waals surface area (Å²) in [7, 11) is 0. The van der Waals surface area contributed by atoms with Crippen LogP contribution in [0.2, 0.25) is 0 Å². The number of rotatable bonds is 5. The predicted octanol–water partition coefficient (Wildman–Crippen LogP) is 3.94. The lowest BCUT2D eigenvalue weighted by molar-refractivity contribution is -0.132. The average Bonchev–Trinajstić information content (AvgIpc) is 3.43. The Kier molecular flexibility index (Phi) is 6.07. The molecule has 0 spiro atoms. The third-order valence-electron chi connectivity index (χ3n) is 6.48. The Morgan fingerprint density at radius 2 is 2.00 bits per heavy atom. The van der Waals surface area contributed by atoms with Gasteiger partial charge in [0.1, 0.15) is 23.7 Å². The van der Waals surface area contributed by atoms with E-state index in [0.717, 1.165) is 17.5 Å². The van der Waals surface area contributed by atoms with Gasteiger partial charge in [0.15, 0.2) is 6.17 Å². The number of carbonyl (C=O) groups excluding carboxylic acids is 2. The molecule has 2 aromatic rings. The number of anilines is 1. The number of alkyl halides is 1. The molecule has 1 aromatic carbocycles. The number of likely N-dealkylation sites (tertiary alicyclic amines) is 1. The maximum absolute atomic E-state index is 14.5. The van der Waals surface area contributed by atoms with Crippen LogP contribution in [0.1, 0.15) is 39.2 Å². The topological polar surface area (TPSA) is 95.3 Å². The first-order valence-electron chi connectivity index (χ1n) is 11.1. The van der Waals surface area contributed by atoms with Crippen LogP contribution in [0.15, 0.2) is 36.5 Å². The normalized spacial score (nSPS) is 23.4. The van der Waals surface area contributed by atoms with Gasteiger partial charge in [0, 0.05) is 32.0 Å². The highest BCUT2D eigenvalue weighted by Gasteiger charge is 2.50. The van der Waals surface area contributed by atoms with Crippen LogP contribution in [0.25, 0.3) is 11.1 Å². The van der Waals surface area contributed by atoms with Crippen LogP contribution >= 0.6 is 0 Å². The SMILES string of the molecule is CC(=O)N1CCC(Oc2ccc(-c3ccnc(NC(=O)[C@H]4CC4(C)C)c3)cc2C#N)C(F)C1. The minimum Gasteiger partial charge on any atom is -0.486 e. The molecule has 2 aliphatic rings. The zero-order valence-electron chi connectivity index (χ0n) is 19.0. The van der Waals surface area contributed by atoms with Crippen LogP contribution in [-0.2, 0) is 9.59 Å². The van der Waals surface area contributed by atoms with Crippen molar-refractivity contribution in [2.45, 2.75) is 45.9 Å². The summed E-state index contributed by atoms with van der Waals surface area (Å²) >= 11 is 0. The third-order valence-corrected chi connectivity index (χ3v) is 6.48. The first-order valence-corrected chi connectivity index (χ1v) is 11.1. The second-order valence-electron chi connectivity index (χ2n) is 9.41. The van der Waals surface area contributed by atoms with Crippen LogP contribution in [0.5, 0.6) is 5.75 Å². The van der Waals surface area contributed by atoms with Gasteiger partial charge in [-0.3, -0.25) is 9.59 Å². The summed E-state index contributed by atoms with van der Waals surface area (Å²) in [6, 6.07) is 10.8. The summed E-state index contributed by atoms with van der Waals surface area (Å²) < 4.78 is 20.4. The summed E-state index contributed by atoms with van der Waals surface area (Å²) in [5, 5.41) is 12.5. The summed E-state index contributed by atoms with van der Waals surface area (Å²) in [6.07, 6.45) is 0.790. The first kappa shape index (κ1) is 22.7. The van der Waals surface area contributed by atoms with E-state index in [0.29, 0.717) is 24.5 Å². The maximum Gasteiger partial charge on any atom is 0.229 e. The molecule has 0 bridgehead atoms. The van der Waals surface area contributed by atoms with E-state index in [4.69, 9.17) is 4.74 Å². The second-order valence-corrected chi connectivity index (χ2v) is 9.41. The molecule has 4 rings (SSSR count). The van der Waals surface area contributed by atoms with E-state index in [1.54, 1.807) is 36.5 Å². The molecule has 1 aromatic heterocycles. The van der Waals surface area contributed by atoms with Gasteiger partial charge >= 0.3 is 0 Å². The van der Waals surface area contributed by atoms with Gasteiger partial charge in [0.2, 0.25) is 11.8 Å². The van der Waals surface area contributed by atoms with Gasteiger partial charge in [-0.05, 0) is 47.2 Å². The smallest absolute Gasteiger partial charge is 0.229 e. The minimum atomic E-state index is -1.32. The zero-order valence-corrected chi connectivity index (χ0v) is 19.0. The Balaban J connectivity index is 1.48. The van der Waals surface area contributed by atoms with Crippen molar-refractivity contribution < 1.29 is 18.7 Å². The lowest BCUT2D eigenvalue weighted by Crippen LogP contribution is -2.48. The van der Waals surface area contributed by atoms with Crippen molar-refractivity contribution in [1.82, 2.24) is 9.88 Å². The molecule has 8 heteroatoms. The molecule has 1 aliphatic carbocycles. The summed E-state index contributed by atoms with van der Waals surface area (Å²) in [6.45, 7) is 5.95. The lowest BCUT2D eigenvalue weighted by atomic mass is 10.0. The van der Waals surface area contributed by atoms with E-state index in [-0.39, 0.29) is 35.3 Å². The van der Waals surface area contributed by atoms with E-state index in [2.05, 4.69) is 30.2 Å². The minimum absolute atomic E-state index is 0.00813. The van der Waals surface area contributed by atoms with Gasteiger partial charge in [-0.2, -0.15) is 5.26 Å². The number of amides is 2. The lowest BCUT2D eigenvalue weighted by Gasteiger charge is -2.34. The largest absolute Gasteiger partial charge is 0.486 e. The molecule has 1 N–H and O–H groups in total. The zero-order chi connectivity index (χ0) is 23.8. The van der Waals surface area contributed by atoms with Crippen LogP contribution in [-0.4, -0.2) is 47.1 Å². The fourth-order valence-electron chi connectivity index (χ4n) is 4.17. The van der Waals surface area contributed by atoms with Crippen LogP contribution in [0, 0.1) is 22.7 Å². The van der Waals surface area contributed by atoms with Crippen LogP contribution < -0.4 is 10.1 Å². The summed E-state index contributed by atoms with van der Waals surface area (Å²) in [5.74, 6) is 0.557. The van der Waals surface area contributed by atoms with Gasteiger partial charge in [-0.25, -0.2) is 9.37 Å². The van der Waals surface area contributed by atoms with E-state index in [1.165, 1.54) is 11.8 Å². The van der Waals surface area contributed by atoms with Crippen molar-refractivity contribution in [2.75, 3.05) is 18.4 Å². The monoisotopic (exact) mass is 450 g/mol. The number of piperidine rings is 1. The highest BCUT2D eigenvalue weighted by atomic mass is 19.1. The molecule has 172 valence electrons. The van der Waals surface area contributed by atoms with E-state index >= 15 is 0 Å². The van der Waals surface area contributed by atoms with E-state index in [1.807, 2.05) is 0 Å². The van der Waals surface area contributed by atoms with Gasteiger partial charge < -0.3 is 15.0 Å². The molecule has 1 saturated carbocycles. The van der Waals surface area contributed by atoms with Gasteiger partial charge in [0.25, 0.3) is 0 Å². The number of halogens is 1. The molecular formula is C25H27FN4O3. The number of nitrogens with one attached hydrogen (secondary N) is 1. The number of benzene rings is 1. The van der Waals surface area contributed by atoms with E-state index in [9.17, 15) is 19.2 Å². The maximum atomic E-state index is 14.5. The summed E-state index contributed by atoms with van der Waals surface area (Å²) in [4.78, 5) is 29.6. The van der Waals surface area contributed by atoms with Gasteiger partial charge in [-0.1, -0.05) is 19.9 Å². The van der Waals surface area contributed by atoms with Crippen molar-refractivity contribution >= 4 is 17.6 Å². The fourth-order valence-corrected chi connectivity index (χ4v) is 4.17. The fraction of sp³-hybridized carbons (Fsp3) is 0.440. The Hall–Kier alpha value is -3.47. The van der Waals surface area contributed by atoms with Crippen LogP contribution in [0.4, 0.5) is 10.2 Å². The Morgan fingerprint density at radius 1 is 1.27 bits per heavy atom. The molecule has 2 fully saturated rings. The third kappa shape index (κ3) is 4.98. The highest BCUT2D eigenvalue weighted by molar-refractivity contribution is 5.94. The summed E-state index contributed by atoms with van der Waals surface area (Å²) in [5.41, 5.74) is 1.86. The predicted molar refractivity (Wildman–Crippen MR) is 121 cm³/mol. The molecule has 2 unspecified atom stereocenters. The highest BCUT2D eigenvalue weighted by Crippen LogP contribution is 2.52. The van der Waals surface area contributed by atoms with E-state index < -0.39 is 12.3 Å². The number of aromatic nitrogens is 1. The van der Waals surface area contributed by atoms with Crippen LogP contribution in [0.3, 0.4) is 0 Å². The van der Waals surface area contributed by atoms with Crippen molar-refractivity contribution in [3.8, 4) is 22.9 Å². The molecule has 33 heavy (non-hydrogen) atoms. The average molecular weight is 451 g/mol. The van der Waals surface area contributed by atoms with Gasteiger partial charge in [0.05, 0.1) is 12.1 Å². The van der Waals surface area contributed by atoms with Gasteiger partial charge in [-0.15, -0.1) is 0 Å². The number of ether oxygens (including phenoxy) is 1. The second kappa shape index (κ2) is 8.81. The number of hydrogen-bond acceptors (Lipinski definition) is 5. The van der Waals surface area contributed by atoms with Crippen molar-refractivity contribution in [1.29, 1.82) is 5.26 Å². The van der Waals surface area contributed by atoms with Crippen molar-refractivity contribution in [2.24, 2.45) is 11.3 Å². The number of carbonyl (C=O) groups is 2. The van der Waals surface area contributed by atoms with Crippen molar-refractivity contribution in [3.63, 3.8) is 0 Å². The Morgan fingerprint density at radius 3 is 2.64 bits per heavy atom. The van der Waals surface area contributed by atoms with Crippen molar-refractivity contribution in [3.05, 3.63) is 42.1 Å². The first-order chi connectivity index (χ1) is 15.7. The molecule has 3 atom stereocenters. The standard InChI is InChI=1S/C25H27FN4O3/c1-15(31)30-9-7-22(20(26)14-30)33-21-5-4-16(10-18(21)13-27)17-6-8-28-23(11-17)29-24(32)19-12-25(19,2)3/h4-6,8,10-11,19-20,22H,7,9,12,14H2,1-3H3,(H,28,29,32)/t19-,20?,22?/m1/s1. The Labute approximate surface area is 192 Å². The molecule has 0 radical (unpaired) electrons. The molecule has 1 aliphatic heterocycles.